The lowest BCUT2D eigenvalue weighted by atomic mass is 9.84. The van der Waals surface area contributed by atoms with Crippen LogP contribution in [0.2, 0.25) is 0 Å². The number of oxazole rings is 1. The highest BCUT2D eigenvalue weighted by atomic mass is 19.1. The number of piperidine rings is 2. The van der Waals surface area contributed by atoms with Crippen molar-refractivity contribution in [1.82, 2.24) is 20.5 Å². The second-order valence-corrected chi connectivity index (χ2v) is 7.97. The molecule has 0 aliphatic carbocycles. The molecule has 156 valence electrons. The molecular formula is C22H23FN4O3. The molecule has 2 N–H and O–H groups in total. The summed E-state index contributed by atoms with van der Waals surface area (Å²) in [6.07, 6.45) is 3.62. The van der Waals surface area contributed by atoms with Crippen molar-refractivity contribution >= 4 is 0 Å². The van der Waals surface area contributed by atoms with E-state index in [2.05, 4.69) is 20.5 Å². The Morgan fingerprint density at radius 1 is 1.20 bits per heavy atom. The normalized spacial score (nSPS) is 25.8. The zero-order valence-corrected chi connectivity index (χ0v) is 16.6. The third-order valence-corrected chi connectivity index (χ3v) is 5.87. The number of alkyl halides is 1. The number of nitrogens with zero attached hydrogens (tertiary/aromatic N) is 3. The van der Waals surface area contributed by atoms with Gasteiger partial charge in [-0.2, -0.15) is 0 Å². The number of phenolic OH excluding ortho intramolecular Hbond substituents is 1. The fourth-order valence-electron chi connectivity index (χ4n) is 4.35. The van der Waals surface area contributed by atoms with Crippen LogP contribution in [0.1, 0.15) is 31.6 Å². The van der Waals surface area contributed by atoms with Crippen LogP contribution in [-0.2, 0) is 0 Å². The van der Waals surface area contributed by atoms with Crippen molar-refractivity contribution < 1.29 is 18.7 Å². The Kier molecular flexibility index (Phi) is 4.86. The van der Waals surface area contributed by atoms with E-state index in [1.165, 1.54) is 0 Å². The first-order chi connectivity index (χ1) is 14.6. The quantitative estimate of drug-likeness (QED) is 0.675. The molecule has 0 amide bonds. The fourth-order valence-corrected chi connectivity index (χ4v) is 4.35. The van der Waals surface area contributed by atoms with Crippen LogP contribution in [0.3, 0.4) is 0 Å². The zero-order valence-electron chi connectivity index (χ0n) is 16.6. The molecule has 0 radical (unpaired) electrons. The van der Waals surface area contributed by atoms with Gasteiger partial charge in [-0.15, -0.1) is 10.2 Å². The first kappa shape index (κ1) is 19.0. The monoisotopic (exact) mass is 410 g/mol. The van der Waals surface area contributed by atoms with Crippen LogP contribution in [0.25, 0.3) is 22.6 Å². The number of hydrogen-bond acceptors (Lipinski definition) is 7. The summed E-state index contributed by atoms with van der Waals surface area (Å²) >= 11 is 0. The number of aryl methyl sites for hydroxylation is 1. The van der Waals surface area contributed by atoms with Gasteiger partial charge in [0.25, 0.3) is 0 Å². The summed E-state index contributed by atoms with van der Waals surface area (Å²) < 4.78 is 26.0. The number of benzene rings is 1. The van der Waals surface area contributed by atoms with E-state index in [0.717, 1.165) is 24.8 Å². The molecule has 1 aromatic carbocycles. The molecule has 4 heterocycles. The molecule has 0 saturated carbocycles. The van der Waals surface area contributed by atoms with Gasteiger partial charge >= 0.3 is 0 Å². The van der Waals surface area contributed by atoms with Crippen LogP contribution < -0.4 is 10.1 Å². The van der Waals surface area contributed by atoms with E-state index in [4.69, 9.17) is 9.15 Å². The minimum absolute atomic E-state index is 0.0551. The van der Waals surface area contributed by atoms with Gasteiger partial charge < -0.3 is 19.6 Å². The largest absolute Gasteiger partial charge is 0.507 e. The van der Waals surface area contributed by atoms with Gasteiger partial charge in [0.05, 0.1) is 11.9 Å². The van der Waals surface area contributed by atoms with Gasteiger partial charge in [0.1, 0.15) is 11.9 Å². The van der Waals surface area contributed by atoms with Gasteiger partial charge in [0.2, 0.25) is 5.88 Å². The first-order valence-electron chi connectivity index (χ1n) is 10.2. The predicted molar refractivity (Wildman–Crippen MR) is 108 cm³/mol. The predicted octanol–water partition coefficient (Wildman–Crippen LogP) is 3.81. The topological polar surface area (TPSA) is 93.3 Å². The van der Waals surface area contributed by atoms with Crippen LogP contribution >= 0.6 is 0 Å². The summed E-state index contributed by atoms with van der Waals surface area (Å²) in [6, 6.07) is 8.71. The minimum Gasteiger partial charge on any atom is -0.507 e. The highest BCUT2D eigenvalue weighted by Crippen LogP contribution is 2.34. The van der Waals surface area contributed by atoms with E-state index < -0.39 is 12.3 Å². The van der Waals surface area contributed by atoms with Crippen LogP contribution in [0.5, 0.6) is 11.6 Å². The van der Waals surface area contributed by atoms with E-state index in [9.17, 15) is 9.50 Å². The van der Waals surface area contributed by atoms with Crippen LogP contribution in [0, 0.1) is 6.92 Å². The minimum atomic E-state index is -1.06. The van der Waals surface area contributed by atoms with E-state index in [-0.39, 0.29) is 11.8 Å². The van der Waals surface area contributed by atoms with Gasteiger partial charge in [-0.3, -0.25) is 0 Å². The average molecular weight is 410 g/mol. The third kappa shape index (κ3) is 3.63. The summed E-state index contributed by atoms with van der Waals surface area (Å²) in [7, 11) is 0. The molecule has 2 aliphatic rings. The molecule has 2 aromatic heterocycles. The number of nitrogens with one attached hydrogen (secondary N) is 1. The van der Waals surface area contributed by atoms with Gasteiger partial charge in [-0.25, -0.2) is 9.37 Å². The van der Waals surface area contributed by atoms with Crippen molar-refractivity contribution in [2.24, 2.45) is 0 Å². The third-order valence-electron chi connectivity index (χ3n) is 5.87. The molecule has 5 rings (SSSR count). The van der Waals surface area contributed by atoms with Crippen LogP contribution in [0.4, 0.5) is 4.39 Å². The van der Waals surface area contributed by atoms with Crippen molar-refractivity contribution in [2.45, 2.75) is 57.0 Å². The second-order valence-electron chi connectivity index (χ2n) is 7.97. The second kappa shape index (κ2) is 7.68. The maximum atomic E-state index is 14.7. The Balaban J connectivity index is 1.31. The Bertz CT molecular complexity index is 1040. The standard InChI is InChI=1S/C22H23FN4O3/c1-12-24-11-20(29-12)13-5-6-15(18(28)9-13)16-7-8-21(27-26-16)30-19-10-14-3-2-4-17(25-14)22(19)23/h5-9,11,14,17,19,22,25,28H,2-4,10H2,1H3/t14-,17+,19-,22+/m0/s1. The molecule has 8 heteroatoms. The average Bonchev–Trinajstić information content (AvgIpc) is 3.19. The molecule has 2 saturated heterocycles. The van der Waals surface area contributed by atoms with Gasteiger partial charge in [-0.1, -0.05) is 12.5 Å². The maximum Gasteiger partial charge on any atom is 0.233 e. The number of aromatic nitrogens is 3. The van der Waals surface area contributed by atoms with Gasteiger partial charge in [-0.05, 0) is 31.0 Å². The highest BCUT2D eigenvalue weighted by Gasteiger charge is 2.41. The maximum absolute atomic E-state index is 14.7. The molecule has 30 heavy (non-hydrogen) atoms. The van der Waals surface area contributed by atoms with E-state index >= 15 is 0 Å². The molecule has 3 aromatic rings. The number of ether oxygens (including phenoxy) is 1. The summed E-state index contributed by atoms with van der Waals surface area (Å²) in [4.78, 5) is 4.07. The molecule has 0 spiro atoms. The molecule has 0 unspecified atom stereocenters. The van der Waals surface area contributed by atoms with Crippen molar-refractivity contribution in [3.05, 3.63) is 42.4 Å². The number of phenols is 1. The lowest BCUT2D eigenvalue weighted by Crippen LogP contribution is -2.59. The van der Waals surface area contributed by atoms with Crippen LogP contribution in [-0.4, -0.2) is 44.6 Å². The first-order valence-corrected chi connectivity index (χ1v) is 10.2. The molecule has 7 nitrogen and oxygen atoms in total. The summed E-state index contributed by atoms with van der Waals surface area (Å²) in [5.41, 5.74) is 1.75. The number of hydrogen-bond donors (Lipinski definition) is 2. The lowest BCUT2D eigenvalue weighted by molar-refractivity contribution is 0.00652. The lowest BCUT2D eigenvalue weighted by Gasteiger charge is -2.42. The fraction of sp³-hybridized carbons (Fsp3) is 0.409. The SMILES string of the molecule is Cc1ncc(-c2ccc(-c3ccc(O[C@H]4C[C@@H]5CCC[C@@H](N5)[C@H]4F)nn3)c(O)c2)o1. The Hall–Kier alpha value is -3.00. The van der Waals surface area contributed by atoms with Crippen molar-refractivity contribution in [2.75, 3.05) is 0 Å². The van der Waals surface area contributed by atoms with Crippen molar-refractivity contribution in [3.63, 3.8) is 0 Å². The Labute approximate surface area is 173 Å². The van der Waals surface area contributed by atoms with Gasteiger partial charge in [0.15, 0.2) is 17.8 Å². The summed E-state index contributed by atoms with van der Waals surface area (Å²) in [6.45, 7) is 1.76. The molecule has 4 atom stereocenters. The molecular weight excluding hydrogens is 387 g/mol. The molecule has 2 aliphatic heterocycles. The molecule has 2 bridgehead atoms. The number of fused-ring (bicyclic) bond motifs is 2. The Morgan fingerprint density at radius 3 is 2.83 bits per heavy atom. The summed E-state index contributed by atoms with van der Waals surface area (Å²) in [5.74, 6) is 1.48. The Morgan fingerprint density at radius 2 is 2.10 bits per heavy atom. The van der Waals surface area contributed by atoms with Crippen molar-refractivity contribution in [3.8, 4) is 34.2 Å². The van der Waals surface area contributed by atoms with E-state index in [0.29, 0.717) is 41.3 Å². The number of aromatic hydroxyl groups is 1. The van der Waals surface area contributed by atoms with E-state index in [1.54, 1.807) is 37.4 Å². The number of rotatable bonds is 4. The molecule has 2 fully saturated rings. The number of halogens is 1. The summed E-state index contributed by atoms with van der Waals surface area (Å²) in [5, 5.41) is 22.1. The zero-order chi connectivity index (χ0) is 20.7. The van der Waals surface area contributed by atoms with Crippen molar-refractivity contribution in [1.29, 1.82) is 0 Å². The highest BCUT2D eigenvalue weighted by molar-refractivity contribution is 5.72. The van der Waals surface area contributed by atoms with E-state index in [1.807, 2.05) is 6.07 Å². The van der Waals surface area contributed by atoms with Crippen LogP contribution in [0.15, 0.2) is 40.9 Å². The van der Waals surface area contributed by atoms with Gasteiger partial charge in [0, 0.05) is 42.6 Å². The smallest absolute Gasteiger partial charge is 0.233 e.